The van der Waals surface area contributed by atoms with Crippen LogP contribution in [0.2, 0.25) is 0 Å². The lowest BCUT2D eigenvalue weighted by Gasteiger charge is -2.24. The number of hydrogen-bond acceptors (Lipinski definition) is 4. The highest BCUT2D eigenvalue weighted by atomic mass is 16.5. The summed E-state index contributed by atoms with van der Waals surface area (Å²) in [6, 6.07) is 13.1. The fourth-order valence-corrected chi connectivity index (χ4v) is 3.81. The lowest BCUT2D eigenvalue weighted by molar-refractivity contribution is 0.186. The Kier molecular flexibility index (Phi) is 3.60. The van der Waals surface area contributed by atoms with Crippen LogP contribution < -0.4 is 15.2 Å². The van der Waals surface area contributed by atoms with Gasteiger partial charge in [0.25, 0.3) is 0 Å². The van der Waals surface area contributed by atoms with Crippen molar-refractivity contribution in [1.82, 2.24) is 5.01 Å². The summed E-state index contributed by atoms with van der Waals surface area (Å²) in [5.74, 6) is 1.42. The van der Waals surface area contributed by atoms with Gasteiger partial charge in [0, 0.05) is 11.5 Å². The van der Waals surface area contributed by atoms with E-state index in [1.165, 1.54) is 5.01 Å². The Bertz CT molecular complexity index is 864. The maximum Gasteiger partial charge on any atom is 0.335 e. The number of nitrogens with zero attached hydrogens (tertiary/aromatic N) is 2. The van der Waals surface area contributed by atoms with Gasteiger partial charge in [-0.05, 0) is 29.7 Å². The van der Waals surface area contributed by atoms with Crippen LogP contribution in [-0.2, 0) is 6.42 Å². The zero-order valence-electron chi connectivity index (χ0n) is 14.1. The number of benzene rings is 2. The molecule has 0 fully saturated rings. The summed E-state index contributed by atoms with van der Waals surface area (Å²) in [6.45, 7) is 0. The van der Waals surface area contributed by atoms with Crippen molar-refractivity contribution in [3.05, 3.63) is 59.2 Å². The van der Waals surface area contributed by atoms with Gasteiger partial charge in [0.2, 0.25) is 0 Å². The van der Waals surface area contributed by atoms with Gasteiger partial charge in [0.1, 0.15) is 0 Å². The van der Waals surface area contributed by atoms with Crippen molar-refractivity contribution < 1.29 is 14.3 Å². The van der Waals surface area contributed by atoms with Crippen LogP contribution in [0.1, 0.15) is 22.7 Å². The molecule has 128 valence electrons. The third-order valence-electron chi connectivity index (χ3n) is 4.90. The number of fused-ring (bicyclic) bond motifs is 3. The smallest absolute Gasteiger partial charge is 0.335 e. The molecule has 2 unspecified atom stereocenters. The van der Waals surface area contributed by atoms with Crippen molar-refractivity contribution in [2.45, 2.75) is 12.5 Å². The van der Waals surface area contributed by atoms with E-state index in [0.717, 1.165) is 28.8 Å². The molecule has 2 aliphatic rings. The number of nitrogens with two attached hydrogens (primary N) is 1. The first-order chi connectivity index (χ1) is 12.1. The number of hydrogen-bond donors (Lipinski definition) is 1. The molecule has 4 rings (SSSR count). The number of carbonyl (C=O) groups is 1. The number of methoxy groups -OCH3 is 2. The minimum atomic E-state index is -0.544. The minimum Gasteiger partial charge on any atom is -0.493 e. The molecule has 0 aromatic heterocycles. The van der Waals surface area contributed by atoms with Crippen molar-refractivity contribution in [2.24, 2.45) is 16.8 Å². The summed E-state index contributed by atoms with van der Waals surface area (Å²) in [5, 5.41) is 5.96. The summed E-state index contributed by atoms with van der Waals surface area (Å²) in [4.78, 5) is 11.9. The molecule has 25 heavy (non-hydrogen) atoms. The molecule has 0 saturated heterocycles. The van der Waals surface area contributed by atoms with Gasteiger partial charge >= 0.3 is 6.03 Å². The first-order valence-corrected chi connectivity index (χ1v) is 8.11. The Balaban J connectivity index is 1.81. The molecule has 1 aliphatic heterocycles. The first-order valence-electron chi connectivity index (χ1n) is 8.11. The third-order valence-corrected chi connectivity index (χ3v) is 4.90. The van der Waals surface area contributed by atoms with E-state index >= 15 is 0 Å². The fourth-order valence-electron chi connectivity index (χ4n) is 3.81. The van der Waals surface area contributed by atoms with Crippen LogP contribution in [-0.4, -0.2) is 31.0 Å². The van der Waals surface area contributed by atoms with E-state index in [4.69, 9.17) is 15.2 Å². The van der Waals surface area contributed by atoms with E-state index in [9.17, 15) is 4.79 Å². The molecule has 2 aromatic rings. The third kappa shape index (κ3) is 2.33. The van der Waals surface area contributed by atoms with Gasteiger partial charge in [-0.3, -0.25) is 0 Å². The van der Waals surface area contributed by atoms with Crippen LogP contribution in [0, 0.1) is 5.92 Å². The molecule has 0 spiro atoms. The van der Waals surface area contributed by atoms with Gasteiger partial charge in [-0.1, -0.05) is 30.3 Å². The van der Waals surface area contributed by atoms with Crippen molar-refractivity contribution in [3.8, 4) is 11.5 Å². The van der Waals surface area contributed by atoms with Crippen LogP contribution >= 0.6 is 0 Å². The number of hydrazone groups is 1. The first kappa shape index (κ1) is 15.5. The maximum atomic E-state index is 11.9. The van der Waals surface area contributed by atoms with Crippen molar-refractivity contribution in [1.29, 1.82) is 0 Å². The monoisotopic (exact) mass is 337 g/mol. The lowest BCUT2D eigenvalue weighted by atomic mass is 9.90. The number of urea groups is 1. The Hall–Kier alpha value is -3.02. The zero-order valence-corrected chi connectivity index (χ0v) is 14.1. The molecule has 1 aliphatic carbocycles. The van der Waals surface area contributed by atoms with Crippen molar-refractivity contribution >= 4 is 11.7 Å². The molecule has 0 saturated carbocycles. The van der Waals surface area contributed by atoms with E-state index in [2.05, 4.69) is 5.10 Å². The second-order valence-electron chi connectivity index (χ2n) is 6.20. The van der Waals surface area contributed by atoms with Crippen molar-refractivity contribution in [2.75, 3.05) is 14.2 Å². The fraction of sp³-hybridized carbons (Fsp3) is 0.263. The highest BCUT2D eigenvalue weighted by molar-refractivity contribution is 6.09. The van der Waals surface area contributed by atoms with E-state index in [1.54, 1.807) is 14.2 Å². The summed E-state index contributed by atoms with van der Waals surface area (Å²) in [6.07, 6.45) is 0.776. The predicted molar refractivity (Wildman–Crippen MR) is 93.9 cm³/mol. The number of ether oxygens (including phenoxy) is 2. The molecule has 1 heterocycles. The van der Waals surface area contributed by atoms with Crippen molar-refractivity contribution in [3.63, 3.8) is 0 Å². The number of amides is 2. The highest BCUT2D eigenvalue weighted by Gasteiger charge is 2.45. The molecule has 0 radical (unpaired) electrons. The number of rotatable bonds is 3. The molecular weight excluding hydrogens is 318 g/mol. The molecule has 6 heteroatoms. The highest BCUT2D eigenvalue weighted by Crippen LogP contribution is 2.46. The zero-order chi connectivity index (χ0) is 17.6. The molecule has 0 bridgehead atoms. The van der Waals surface area contributed by atoms with Gasteiger partial charge in [-0.15, -0.1) is 0 Å². The normalized spacial score (nSPS) is 20.7. The maximum absolute atomic E-state index is 11.9. The van der Waals surface area contributed by atoms with E-state index < -0.39 is 6.03 Å². The Labute approximate surface area is 145 Å². The van der Waals surface area contributed by atoms with E-state index in [1.807, 2.05) is 42.5 Å². The summed E-state index contributed by atoms with van der Waals surface area (Å²) < 4.78 is 10.8. The number of carbonyl (C=O) groups excluding carboxylic acids is 1. The van der Waals surface area contributed by atoms with Gasteiger partial charge in [-0.2, -0.15) is 5.10 Å². The minimum absolute atomic E-state index is 0.0710. The lowest BCUT2D eigenvalue weighted by Crippen LogP contribution is -2.34. The summed E-state index contributed by atoms with van der Waals surface area (Å²) in [5.41, 5.74) is 9.63. The van der Waals surface area contributed by atoms with Gasteiger partial charge in [0.05, 0.1) is 26.0 Å². The molecular formula is C19H19N3O3. The molecule has 2 N–H and O–H groups in total. The summed E-state index contributed by atoms with van der Waals surface area (Å²) >= 11 is 0. The molecule has 2 atom stereocenters. The van der Waals surface area contributed by atoms with Crippen LogP contribution in [0.5, 0.6) is 11.5 Å². The number of primary amides is 1. The van der Waals surface area contributed by atoms with Gasteiger partial charge in [-0.25, -0.2) is 9.80 Å². The molecule has 6 nitrogen and oxygen atoms in total. The molecule has 2 amide bonds. The second-order valence-corrected chi connectivity index (χ2v) is 6.20. The standard InChI is InChI=1S/C19H19N3O3/c1-24-15-9-12-8-14-17(13(12)10-16(15)25-2)21-22(19(20)23)18(14)11-6-4-3-5-7-11/h3-7,9-10,14,18H,8H2,1-2H3,(H2,20,23). The second kappa shape index (κ2) is 5.81. The van der Waals surface area contributed by atoms with Crippen LogP contribution in [0.4, 0.5) is 4.79 Å². The van der Waals surface area contributed by atoms with E-state index in [-0.39, 0.29) is 12.0 Å². The van der Waals surface area contributed by atoms with Crippen LogP contribution in [0.25, 0.3) is 0 Å². The Morgan fingerprint density at radius 2 is 1.84 bits per heavy atom. The average molecular weight is 337 g/mol. The Morgan fingerprint density at radius 3 is 2.48 bits per heavy atom. The van der Waals surface area contributed by atoms with Gasteiger partial charge < -0.3 is 15.2 Å². The quantitative estimate of drug-likeness (QED) is 0.935. The topological polar surface area (TPSA) is 77.2 Å². The SMILES string of the molecule is COc1cc2c(cc1OC)C1=NN(C(N)=O)C(c3ccccc3)C1C2. The Morgan fingerprint density at radius 1 is 1.16 bits per heavy atom. The van der Waals surface area contributed by atoms with Gasteiger partial charge in [0.15, 0.2) is 11.5 Å². The average Bonchev–Trinajstić information content (AvgIpc) is 3.16. The summed E-state index contributed by atoms with van der Waals surface area (Å²) in [7, 11) is 3.23. The van der Waals surface area contributed by atoms with Crippen LogP contribution in [0.15, 0.2) is 47.6 Å². The largest absolute Gasteiger partial charge is 0.493 e. The van der Waals surface area contributed by atoms with E-state index in [0.29, 0.717) is 11.5 Å². The molecule has 2 aromatic carbocycles. The van der Waals surface area contributed by atoms with Crippen LogP contribution in [0.3, 0.4) is 0 Å². The predicted octanol–water partition coefficient (Wildman–Crippen LogP) is 2.72.